The van der Waals surface area contributed by atoms with Crippen molar-refractivity contribution in [3.05, 3.63) is 58.9 Å². The van der Waals surface area contributed by atoms with Gasteiger partial charge in [0.15, 0.2) is 5.78 Å². The highest BCUT2D eigenvalue weighted by atomic mass is 16.1. The molecule has 0 unspecified atom stereocenters. The second-order valence-electron chi connectivity index (χ2n) is 4.75. The minimum Gasteiger partial charge on any atom is -0.357 e. The van der Waals surface area contributed by atoms with E-state index in [0.29, 0.717) is 5.69 Å². The number of hydrogen-bond donors (Lipinski definition) is 1. The van der Waals surface area contributed by atoms with Gasteiger partial charge in [0.1, 0.15) is 5.69 Å². The van der Waals surface area contributed by atoms with E-state index in [1.54, 1.807) is 30.1 Å². The minimum atomic E-state index is -0.140. The number of anilines is 1. The van der Waals surface area contributed by atoms with E-state index in [2.05, 4.69) is 10.3 Å². The Labute approximate surface area is 123 Å². The van der Waals surface area contributed by atoms with Gasteiger partial charge in [-0.15, -0.1) is 0 Å². The van der Waals surface area contributed by atoms with Gasteiger partial charge in [0.05, 0.1) is 0 Å². The topological polar surface area (TPSA) is 64.0 Å². The van der Waals surface area contributed by atoms with Gasteiger partial charge in [0.25, 0.3) is 5.56 Å². The maximum Gasteiger partial charge on any atom is 0.274 e. The second-order valence-corrected chi connectivity index (χ2v) is 4.75. The summed E-state index contributed by atoms with van der Waals surface area (Å²) in [6, 6.07) is 5.57. The third-order valence-electron chi connectivity index (χ3n) is 3.26. The average Bonchev–Trinajstić information content (AvgIpc) is 2.48. The molecule has 0 atom stereocenters. The highest BCUT2D eigenvalue weighted by molar-refractivity contribution is 5.87. The van der Waals surface area contributed by atoms with E-state index in [0.717, 1.165) is 16.8 Å². The Balaban J connectivity index is 2.51. The van der Waals surface area contributed by atoms with Gasteiger partial charge in [0.2, 0.25) is 0 Å². The van der Waals surface area contributed by atoms with Crippen LogP contribution in [-0.4, -0.2) is 15.3 Å². The molecule has 1 N–H and O–H groups in total. The Bertz CT molecular complexity index is 746. The van der Waals surface area contributed by atoms with Crippen LogP contribution in [0.1, 0.15) is 12.6 Å². The number of rotatable bonds is 4. The number of pyridine rings is 2. The smallest absolute Gasteiger partial charge is 0.274 e. The molecule has 0 aromatic carbocycles. The second kappa shape index (κ2) is 6.17. The number of aromatic nitrogens is 2. The number of carbonyl (C=O) groups is 1. The number of ketones is 1. The van der Waals surface area contributed by atoms with Crippen LogP contribution in [0.15, 0.2) is 47.7 Å². The van der Waals surface area contributed by atoms with Gasteiger partial charge in [-0.1, -0.05) is 0 Å². The number of nitrogens with zero attached hydrogens (tertiary/aromatic N) is 2. The van der Waals surface area contributed by atoms with Crippen LogP contribution in [-0.2, 0) is 11.8 Å². The zero-order chi connectivity index (χ0) is 15.4. The molecule has 0 spiro atoms. The van der Waals surface area contributed by atoms with Gasteiger partial charge in [-0.05, 0) is 43.7 Å². The summed E-state index contributed by atoms with van der Waals surface area (Å²) >= 11 is 0. The first kappa shape index (κ1) is 14.7. The molecule has 2 heterocycles. The SMILES string of the molecule is CC(=O)C=CNc1cc(-c2ccncc2)c(C)n(C)c1=O. The van der Waals surface area contributed by atoms with Crippen LogP contribution in [0.5, 0.6) is 0 Å². The molecule has 2 aromatic heterocycles. The van der Waals surface area contributed by atoms with Crippen molar-refractivity contribution in [3.8, 4) is 11.1 Å². The molecule has 21 heavy (non-hydrogen) atoms. The zero-order valence-corrected chi connectivity index (χ0v) is 12.3. The molecule has 0 amide bonds. The highest BCUT2D eigenvalue weighted by Gasteiger charge is 2.10. The van der Waals surface area contributed by atoms with E-state index in [-0.39, 0.29) is 11.3 Å². The first-order valence-corrected chi connectivity index (χ1v) is 6.55. The lowest BCUT2D eigenvalue weighted by molar-refractivity contribution is -0.112. The Hall–Kier alpha value is -2.69. The van der Waals surface area contributed by atoms with Crippen molar-refractivity contribution in [2.45, 2.75) is 13.8 Å². The van der Waals surface area contributed by atoms with Gasteiger partial charge < -0.3 is 9.88 Å². The fourth-order valence-corrected chi connectivity index (χ4v) is 2.00. The third-order valence-corrected chi connectivity index (χ3v) is 3.26. The van der Waals surface area contributed by atoms with Crippen LogP contribution in [0.2, 0.25) is 0 Å². The van der Waals surface area contributed by atoms with Crippen LogP contribution < -0.4 is 10.9 Å². The Kier molecular flexibility index (Phi) is 4.33. The average molecular weight is 283 g/mol. The maximum absolute atomic E-state index is 12.2. The van der Waals surface area contributed by atoms with Gasteiger partial charge in [-0.2, -0.15) is 0 Å². The molecule has 0 saturated carbocycles. The number of carbonyl (C=O) groups excluding carboxylic acids is 1. The standard InChI is InChI=1S/C16H17N3O2/c1-11(20)4-9-18-15-10-14(12(2)19(3)16(15)21)13-5-7-17-8-6-13/h4-10,18H,1-3H3. The Morgan fingerprint density at radius 3 is 2.62 bits per heavy atom. The van der Waals surface area contributed by atoms with Crippen molar-refractivity contribution in [3.63, 3.8) is 0 Å². The number of allylic oxidation sites excluding steroid dienone is 1. The van der Waals surface area contributed by atoms with Gasteiger partial charge >= 0.3 is 0 Å². The van der Waals surface area contributed by atoms with Crippen molar-refractivity contribution in [1.82, 2.24) is 9.55 Å². The van der Waals surface area contributed by atoms with Crippen molar-refractivity contribution in [2.24, 2.45) is 7.05 Å². The van der Waals surface area contributed by atoms with Gasteiger partial charge in [0, 0.05) is 36.9 Å². The molecule has 0 bridgehead atoms. The lowest BCUT2D eigenvalue weighted by atomic mass is 10.1. The van der Waals surface area contributed by atoms with E-state index >= 15 is 0 Å². The zero-order valence-electron chi connectivity index (χ0n) is 12.3. The summed E-state index contributed by atoms with van der Waals surface area (Å²) in [5.41, 5.74) is 3.08. The molecular formula is C16H17N3O2. The lowest BCUT2D eigenvalue weighted by Gasteiger charge is -2.13. The summed E-state index contributed by atoms with van der Waals surface area (Å²) in [4.78, 5) is 27.1. The summed E-state index contributed by atoms with van der Waals surface area (Å²) in [6.45, 7) is 3.35. The fraction of sp³-hybridized carbons (Fsp3) is 0.188. The fourth-order valence-electron chi connectivity index (χ4n) is 2.00. The molecule has 0 fully saturated rings. The van der Waals surface area contributed by atoms with E-state index in [1.807, 2.05) is 19.1 Å². The van der Waals surface area contributed by atoms with E-state index in [1.165, 1.54) is 19.2 Å². The monoisotopic (exact) mass is 283 g/mol. The van der Waals surface area contributed by atoms with Crippen LogP contribution in [0.25, 0.3) is 11.1 Å². The van der Waals surface area contributed by atoms with Crippen LogP contribution in [0, 0.1) is 6.92 Å². The molecule has 0 aliphatic rings. The van der Waals surface area contributed by atoms with E-state index in [9.17, 15) is 9.59 Å². The lowest BCUT2D eigenvalue weighted by Crippen LogP contribution is -2.22. The minimum absolute atomic E-state index is 0.0826. The first-order valence-electron chi connectivity index (χ1n) is 6.55. The summed E-state index contributed by atoms with van der Waals surface area (Å²) in [5, 5.41) is 2.87. The summed E-state index contributed by atoms with van der Waals surface area (Å²) in [6.07, 6.45) is 6.28. The van der Waals surface area contributed by atoms with E-state index < -0.39 is 0 Å². The maximum atomic E-state index is 12.2. The molecule has 5 nitrogen and oxygen atoms in total. The molecule has 0 aliphatic heterocycles. The molecule has 0 radical (unpaired) electrons. The Morgan fingerprint density at radius 1 is 1.33 bits per heavy atom. The molecule has 0 saturated heterocycles. The van der Waals surface area contributed by atoms with Crippen LogP contribution >= 0.6 is 0 Å². The van der Waals surface area contributed by atoms with Crippen molar-refractivity contribution >= 4 is 11.5 Å². The van der Waals surface area contributed by atoms with Gasteiger partial charge in [-0.25, -0.2) is 0 Å². The molecule has 2 aromatic rings. The summed E-state index contributed by atoms with van der Waals surface area (Å²) in [5.74, 6) is -0.0826. The molecule has 5 heteroatoms. The van der Waals surface area contributed by atoms with Crippen molar-refractivity contribution in [1.29, 1.82) is 0 Å². The number of nitrogens with one attached hydrogen (secondary N) is 1. The predicted octanol–water partition coefficient (Wildman–Crippen LogP) is 2.27. The normalized spacial score (nSPS) is 10.8. The molecular weight excluding hydrogens is 266 g/mol. The molecule has 108 valence electrons. The third kappa shape index (κ3) is 3.25. The summed E-state index contributed by atoms with van der Waals surface area (Å²) < 4.78 is 1.58. The van der Waals surface area contributed by atoms with Gasteiger partial charge in [-0.3, -0.25) is 14.6 Å². The predicted molar refractivity (Wildman–Crippen MR) is 83.1 cm³/mol. The quantitative estimate of drug-likeness (QED) is 0.874. The van der Waals surface area contributed by atoms with Crippen molar-refractivity contribution < 1.29 is 4.79 Å². The molecule has 0 aliphatic carbocycles. The first-order chi connectivity index (χ1) is 10.0. The van der Waals surface area contributed by atoms with Crippen LogP contribution in [0.3, 0.4) is 0 Å². The highest BCUT2D eigenvalue weighted by Crippen LogP contribution is 2.23. The van der Waals surface area contributed by atoms with E-state index in [4.69, 9.17) is 0 Å². The largest absolute Gasteiger partial charge is 0.357 e. The Morgan fingerprint density at radius 2 is 2.00 bits per heavy atom. The number of hydrogen-bond acceptors (Lipinski definition) is 4. The molecule has 2 rings (SSSR count). The summed E-state index contributed by atoms with van der Waals surface area (Å²) in [7, 11) is 1.72. The van der Waals surface area contributed by atoms with Crippen molar-refractivity contribution in [2.75, 3.05) is 5.32 Å². The van der Waals surface area contributed by atoms with Crippen LogP contribution in [0.4, 0.5) is 5.69 Å².